The Morgan fingerprint density at radius 1 is 0.731 bits per heavy atom. The number of fused-ring (bicyclic) bond motifs is 2. The van der Waals surface area contributed by atoms with Gasteiger partial charge in [0.1, 0.15) is 11.9 Å². The maximum atomic E-state index is 6.36. The second-order valence-electron chi connectivity index (χ2n) is 6.68. The first kappa shape index (κ1) is 15.0. The van der Waals surface area contributed by atoms with Crippen LogP contribution in [0.25, 0.3) is 16.7 Å². The molecule has 0 fully saturated rings. The molecule has 0 bridgehead atoms. The number of anilines is 1. The standard InChI is InChI=1S/C24H19NO/c1-3-7-17(8-4-1)19-11-13-21-23(15-19)26-24-16-20(12-14-22(24)25-21)18-9-5-2-6-10-18/h1-16,21,23,25H. The molecule has 2 unspecified atom stereocenters. The Balaban J connectivity index is 1.47. The van der Waals surface area contributed by atoms with Crippen LogP contribution >= 0.6 is 0 Å². The van der Waals surface area contributed by atoms with Crippen molar-refractivity contribution in [2.24, 2.45) is 0 Å². The number of rotatable bonds is 2. The van der Waals surface area contributed by atoms with Gasteiger partial charge in [0.2, 0.25) is 0 Å². The number of hydrogen-bond donors (Lipinski definition) is 1. The van der Waals surface area contributed by atoms with Gasteiger partial charge >= 0.3 is 0 Å². The van der Waals surface area contributed by atoms with Crippen LogP contribution in [-0.4, -0.2) is 12.1 Å². The molecule has 0 aromatic heterocycles. The molecule has 1 heterocycles. The normalized spacial score (nSPS) is 20.2. The summed E-state index contributed by atoms with van der Waals surface area (Å²) in [6.07, 6.45) is 6.58. The highest BCUT2D eigenvalue weighted by Crippen LogP contribution is 2.38. The number of ether oxygens (including phenoxy) is 1. The third-order valence-corrected chi connectivity index (χ3v) is 4.96. The Labute approximate surface area is 153 Å². The van der Waals surface area contributed by atoms with E-state index in [1.807, 2.05) is 12.1 Å². The molecule has 0 saturated carbocycles. The molecule has 1 aliphatic carbocycles. The molecule has 0 spiro atoms. The summed E-state index contributed by atoms with van der Waals surface area (Å²) >= 11 is 0. The zero-order valence-electron chi connectivity index (χ0n) is 14.3. The monoisotopic (exact) mass is 337 g/mol. The summed E-state index contributed by atoms with van der Waals surface area (Å²) in [6, 6.07) is 27.4. The van der Waals surface area contributed by atoms with Crippen LogP contribution < -0.4 is 10.1 Å². The van der Waals surface area contributed by atoms with Gasteiger partial charge in [-0.25, -0.2) is 0 Å². The summed E-state index contributed by atoms with van der Waals surface area (Å²) in [5.41, 5.74) is 5.84. The molecule has 3 aromatic rings. The predicted octanol–water partition coefficient (Wildman–Crippen LogP) is 5.55. The fourth-order valence-corrected chi connectivity index (χ4v) is 3.59. The van der Waals surface area contributed by atoms with Gasteiger partial charge in [-0.1, -0.05) is 78.9 Å². The average Bonchev–Trinajstić information content (AvgIpc) is 2.73. The van der Waals surface area contributed by atoms with Crippen molar-refractivity contribution < 1.29 is 4.74 Å². The van der Waals surface area contributed by atoms with Gasteiger partial charge in [0.15, 0.2) is 0 Å². The fourth-order valence-electron chi connectivity index (χ4n) is 3.59. The molecular weight excluding hydrogens is 318 g/mol. The first-order valence-electron chi connectivity index (χ1n) is 8.95. The Bertz CT molecular complexity index is 989. The van der Waals surface area contributed by atoms with Crippen molar-refractivity contribution in [1.82, 2.24) is 0 Å². The van der Waals surface area contributed by atoms with Gasteiger partial charge < -0.3 is 10.1 Å². The van der Waals surface area contributed by atoms with E-state index in [1.165, 1.54) is 22.3 Å². The van der Waals surface area contributed by atoms with Gasteiger partial charge in [0, 0.05) is 0 Å². The van der Waals surface area contributed by atoms with Crippen molar-refractivity contribution in [3.8, 4) is 16.9 Å². The summed E-state index contributed by atoms with van der Waals surface area (Å²) in [6.45, 7) is 0. The maximum Gasteiger partial charge on any atom is 0.144 e. The largest absolute Gasteiger partial charge is 0.482 e. The second-order valence-corrected chi connectivity index (χ2v) is 6.68. The van der Waals surface area contributed by atoms with E-state index in [0.29, 0.717) is 0 Å². The zero-order valence-corrected chi connectivity index (χ0v) is 14.3. The molecular formula is C24H19NO. The molecule has 1 N–H and O–H groups in total. The molecule has 5 rings (SSSR count). The highest BCUT2D eigenvalue weighted by Gasteiger charge is 2.29. The van der Waals surface area contributed by atoms with E-state index in [-0.39, 0.29) is 12.1 Å². The van der Waals surface area contributed by atoms with E-state index in [4.69, 9.17) is 4.74 Å². The van der Waals surface area contributed by atoms with E-state index < -0.39 is 0 Å². The summed E-state index contributed by atoms with van der Waals surface area (Å²) in [5, 5.41) is 3.59. The van der Waals surface area contributed by atoms with Crippen LogP contribution in [0.1, 0.15) is 5.56 Å². The second kappa shape index (κ2) is 6.23. The van der Waals surface area contributed by atoms with Crippen molar-refractivity contribution in [2.45, 2.75) is 12.1 Å². The third kappa shape index (κ3) is 2.70. The van der Waals surface area contributed by atoms with E-state index in [9.17, 15) is 0 Å². The van der Waals surface area contributed by atoms with E-state index in [1.54, 1.807) is 0 Å². The zero-order chi connectivity index (χ0) is 17.3. The lowest BCUT2D eigenvalue weighted by Gasteiger charge is -2.34. The van der Waals surface area contributed by atoms with Crippen LogP contribution in [0.15, 0.2) is 97.1 Å². The fraction of sp³-hybridized carbons (Fsp3) is 0.0833. The molecule has 0 radical (unpaired) electrons. The molecule has 0 amide bonds. The topological polar surface area (TPSA) is 21.3 Å². The van der Waals surface area contributed by atoms with Crippen molar-refractivity contribution >= 4 is 11.3 Å². The van der Waals surface area contributed by atoms with Crippen LogP contribution in [0, 0.1) is 0 Å². The van der Waals surface area contributed by atoms with E-state index >= 15 is 0 Å². The Morgan fingerprint density at radius 3 is 2.23 bits per heavy atom. The molecule has 2 nitrogen and oxygen atoms in total. The Morgan fingerprint density at radius 2 is 1.46 bits per heavy atom. The SMILES string of the molecule is C1=CC2Nc3ccc(-c4ccccc4)cc3OC2C=C1c1ccccc1. The summed E-state index contributed by atoms with van der Waals surface area (Å²) < 4.78 is 6.36. The van der Waals surface area contributed by atoms with Crippen molar-refractivity contribution in [3.05, 3.63) is 103 Å². The first-order chi connectivity index (χ1) is 12.9. The Hall–Kier alpha value is -3.26. The number of nitrogens with one attached hydrogen (secondary N) is 1. The highest BCUT2D eigenvalue weighted by atomic mass is 16.5. The molecule has 2 atom stereocenters. The minimum atomic E-state index is -0.00581. The lowest BCUT2D eigenvalue weighted by molar-refractivity contribution is 0.230. The molecule has 26 heavy (non-hydrogen) atoms. The molecule has 1 aliphatic heterocycles. The van der Waals surface area contributed by atoms with Gasteiger partial charge in [-0.05, 0) is 40.5 Å². The van der Waals surface area contributed by atoms with Gasteiger partial charge in [-0.15, -0.1) is 0 Å². The number of benzene rings is 3. The van der Waals surface area contributed by atoms with Crippen LogP contribution in [0.5, 0.6) is 5.75 Å². The van der Waals surface area contributed by atoms with Crippen molar-refractivity contribution in [2.75, 3.05) is 5.32 Å². The predicted molar refractivity (Wildman–Crippen MR) is 107 cm³/mol. The maximum absolute atomic E-state index is 6.36. The van der Waals surface area contributed by atoms with E-state index in [2.05, 4.69) is 90.3 Å². The lowest BCUT2D eigenvalue weighted by Crippen LogP contribution is -2.40. The lowest BCUT2D eigenvalue weighted by atomic mass is 9.93. The minimum Gasteiger partial charge on any atom is -0.482 e. The number of hydrogen-bond acceptors (Lipinski definition) is 2. The first-order valence-corrected chi connectivity index (χ1v) is 8.95. The minimum absolute atomic E-state index is 0.00581. The smallest absolute Gasteiger partial charge is 0.144 e. The van der Waals surface area contributed by atoms with Gasteiger partial charge in [-0.2, -0.15) is 0 Å². The quantitative estimate of drug-likeness (QED) is 0.662. The molecule has 0 saturated heterocycles. The summed E-state index contributed by atoms with van der Waals surface area (Å²) in [4.78, 5) is 0. The molecule has 3 aromatic carbocycles. The van der Waals surface area contributed by atoms with Gasteiger partial charge in [0.05, 0.1) is 11.7 Å². The van der Waals surface area contributed by atoms with Gasteiger partial charge in [0.25, 0.3) is 0 Å². The molecule has 2 heteroatoms. The summed E-state index contributed by atoms with van der Waals surface area (Å²) in [7, 11) is 0. The highest BCUT2D eigenvalue weighted by molar-refractivity contribution is 5.78. The number of allylic oxidation sites excluding steroid dienone is 2. The van der Waals surface area contributed by atoms with Crippen LogP contribution in [0.3, 0.4) is 0 Å². The van der Waals surface area contributed by atoms with Crippen LogP contribution in [0.4, 0.5) is 5.69 Å². The Kier molecular flexibility index (Phi) is 3.60. The van der Waals surface area contributed by atoms with Crippen LogP contribution in [0.2, 0.25) is 0 Å². The van der Waals surface area contributed by atoms with Gasteiger partial charge in [-0.3, -0.25) is 0 Å². The van der Waals surface area contributed by atoms with Crippen LogP contribution in [-0.2, 0) is 0 Å². The molecule has 126 valence electrons. The molecule has 2 aliphatic rings. The third-order valence-electron chi connectivity index (χ3n) is 4.96. The van der Waals surface area contributed by atoms with Crippen molar-refractivity contribution in [3.63, 3.8) is 0 Å². The van der Waals surface area contributed by atoms with E-state index in [0.717, 1.165) is 11.4 Å². The average molecular weight is 337 g/mol. The summed E-state index contributed by atoms with van der Waals surface area (Å²) in [5.74, 6) is 0.909. The van der Waals surface area contributed by atoms with Crippen molar-refractivity contribution in [1.29, 1.82) is 0 Å².